The lowest BCUT2D eigenvalue weighted by Crippen LogP contribution is -2.14. The number of carbonyl (C=O) groups is 1. The minimum Gasteiger partial charge on any atom is -0.465 e. The molecule has 1 rings (SSSR count). The van der Waals surface area contributed by atoms with Gasteiger partial charge in [0.25, 0.3) is 0 Å². The van der Waals surface area contributed by atoms with E-state index in [1.807, 2.05) is 0 Å². The van der Waals surface area contributed by atoms with Crippen molar-refractivity contribution >= 4 is 5.97 Å². The van der Waals surface area contributed by atoms with Crippen LogP contribution in [0.25, 0.3) is 0 Å². The number of esters is 1. The lowest BCUT2D eigenvalue weighted by molar-refractivity contribution is 0.0598. The first-order valence-corrected chi connectivity index (χ1v) is 3.95. The number of hydrogen-bond acceptors (Lipinski definition) is 4. The van der Waals surface area contributed by atoms with Crippen LogP contribution < -0.4 is 5.73 Å². The number of aromatic nitrogens is 1. The largest absolute Gasteiger partial charge is 0.465 e. The maximum Gasteiger partial charge on any atom is 0.339 e. The summed E-state index contributed by atoms with van der Waals surface area (Å²) in [6.07, 6.45) is 1.60. The maximum absolute atomic E-state index is 11.2. The van der Waals surface area contributed by atoms with Crippen molar-refractivity contribution in [1.29, 1.82) is 0 Å². The lowest BCUT2D eigenvalue weighted by Gasteiger charge is -2.08. The van der Waals surface area contributed by atoms with Crippen LogP contribution in [-0.4, -0.2) is 18.1 Å². The molecule has 13 heavy (non-hydrogen) atoms. The van der Waals surface area contributed by atoms with Crippen molar-refractivity contribution in [2.24, 2.45) is 5.73 Å². The van der Waals surface area contributed by atoms with Crippen molar-refractivity contribution in [3.63, 3.8) is 0 Å². The molecule has 0 radical (unpaired) electrons. The van der Waals surface area contributed by atoms with Crippen LogP contribution in [0.3, 0.4) is 0 Å². The molecule has 1 aromatic rings. The minimum absolute atomic E-state index is 0.268. The molecule has 0 amide bonds. The average molecular weight is 180 g/mol. The zero-order chi connectivity index (χ0) is 9.84. The molecule has 0 saturated heterocycles. The molecule has 0 saturated carbocycles. The fraction of sp³-hybridized carbons (Fsp3) is 0.333. The third-order valence-corrected chi connectivity index (χ3v) is 1.68. The van der Waals surface area contributed by atoms with Crippen LogP contribution in [0.1, 0.15) is 29.0 Å². The van der Waals surface area contributed by atoms with Gasteiger partial charge in [-0.05, 0) is 19.1 Å². The molecule has 0 unspecified atom stereocenters. The molecule has 0 bridgehead atoms. The van der Waals surface area contributed by atoms with E-state index in [4.69, 9.17) is 5.73 Å². The molecule has 0 aliphatic carbocycles. The Morgan fingerprint density at radius 2 is 2.38 bits per heavy atom. The van der Waals surface area contributed by atoms with Crippen molar-refractivity contribution in [2.45, 2.75) is 13.0 Å². The van der Waals surface area contributed by atoms with Crippen LogP contribution in [0.4, 0.5) is 0 Å². The zero-order valence-electron chi connectivity index (χ0n) is 7.65. The lowest BCUT2D eigenvalue weighted by atomic mass is 10.1. The van der Waals surface area contributed by atoms with E-state index in [-0.39, 0.29) is 6.04 Å². The molecule has 1 aromatic heterocycles. The van der Waals surface area contributed by atoms with E-state index in [1.165, 1.54) is 7.11 Å². The van der Waals surface area contributed by atoms with E-state index < -0.39 is 5.97 Å². The molecule has 0 fully saturated rings. The summed E-state index contributed by atoms with van der Waals surface area (Å²) in [6, 6.07) is 3.06. The number of nitrogens with two attached hydrogens (primary N) is 1. The number of rotatable bonds is 2. The number of carbonyl (C=O) groups excluding carboxylic acids is 1. The fourth-order valence-corrected chi connectivity index (χ4v) is 1.06. The van der Waals surface area contributed by atoms with Gasteiger partial charge in [-0.2, -0.15) is 0 Å². The van der Waals surface area contributed by atoms with Gasteiger partial charge in [-0.25, -0.2) is 4.79 Å². The first kappa shape index (κ1) is 9.67. The number of nitrogens with zero attached hydrogens (tertiary/aromatic N) is 1. The first-order valence-electron chi connectivity index (χ1n) is 3.95. The third-order valence-electron chi connectivity index (χ3n) is 1.68. The monoisotopic (exact) mass is 180 g/mol. The second-order valence-corrected chi connectivity index (χ2v) is 2.72. The van der Waals surface area contributed by atoms with Crippen molar-refractivity contribution in [1.82, 2.24) is 4.98 Å². The molecule has 70 valence electrons. The van der Waals surface area contributed by atoms with Gasteiger partial charge < -0.3 is 10.5 Å². The predicted octanol–water partition coefficient (Wildman–Crippen LogP) is 0.888. The van der Waals surface area contributed by atoms with Crippen molar-refractivity contribution < 1.29 is 9.53 Å². The fourth-order valence-electron chi connectivity index (χ4n) is 1.06. The highest BCUT2D eigenvalue weighted by Crippen LogP contribution is 2.12. The van der Waals surface area contributed by atoms with Crippen LogP contribution in [0.15, 0.2) is 18.3 Å². The van der Waals surface area contributed by atoms with E-state index >= 15 is 0 Å². The Morgan fingerprint density at radius 1 is 1.69 bits per heavy atom. The summed E-state index contributed by atoms with van der Waals surface area (Å²) >= 11 is 0. The summed E-state index contributed by atoms with van der Waals surface area (Å²) in [5.74, 6) is -0.402. The molecule has 0 aliphatic rings. The smallest absolute Gasteiger partial charge is 0.339 e. The van der Waals surface area contributed by atoms with Gasteiger partial charge in [-0.3, -0.25) is 4.98 Å². The van der Waals surface area contributed by atoms with Crippen LogP contribution >= 0.6 is 0 Å². The van der Waals surface area contributed by atoms with Gasteiger partial charge in [-0.1, -0.05) is 0 Å². The Morgan fingerprint density at radius 3 is 2.92 bits per heavy atom. The second-order valence-electron chi connectivity index (χ2n) is 2.72. The van der Waals surface area contributed by atoms with Gasteiger partial charge >= 0.3 is 5.97 Å². The molecule has 0 aromatic carbocycles. The molecule has 1 atom stereocenters. The molecule has 4 nitrogen and oxygen atoms in total. The van der Waals surface area contributed by atoms with Crippen molar-refractivity contribution in [3.8, 4) is 0 Å². The zero-order valence-corrected chi connectivity index (χ0v) is 7.65. The Balaban J connectivity index is 3.12. The van der Waals surface area contributed by atoms with Gasteiger partial charge in [0.1, 0.15) is 0 Å². The Hall–Kier alpha value is -1.42. The van der Waals surface area contributed by atoms with Crippen molar-refractivity contribution in [2.75, 3.05) is 7.11 Å². The summed E-state index contributed by atoms with van der Waals surface area (Å²) in [6.45, 7) is 1.77. The molecule has 0 spiro atoms. The summed E-state index contributed by atoms with van der Waals surface area (Å²) in [4.78, 5) is 15.2. The topological polar surface area (TPSA) is 65.2 Å². The van der Waals surface area contributed by atoms with Crippen LogP contribution in [0.2, 0.25) is 0 Å². The second kappa shape index (κ2) is 4.00. The number of methoxy groups -OCH3 is 1. The Bertz CT molecular complexity index is 310. The van der Waals surface area contributed by atoms with Crippen LogP contribution in [0.5, 0.6) is 0 Å². The molecule has 0 aliphatic heterocycles. The van der Waals surface area contributed by atoms with E-state index in [0.29, 0.717) is 11.3 Å². The third kappa shape index (κ3) is 2.03. The SMILES string of the molecule is COC(=O)c1cccnc1[C@H](C)N. The Labute approximate surface area is 76.7 Å². The predicted molar refractivity (Wildman–Crippen MR) is 48.2 cm³/mol. The van der Waals surface area contributed by atoms with E-state index in [9.17, 15) is 4.79 Å². The average Bonchev–Trinajstić information content (AvgIpc) is 2.16. The highest BCUT2D eigenvalue weighted by molar-refractivity contribution is 5.90. The molecule has 1 heterocycles. The summed E-state index contributed by atoms with van der Waals surface area (Å²) in [5, 5.41) is 0. The molecule has 2 N–H and O–H groups in total. The van der Waals surface area contributed by atoms with Crippen molar-refractivity contribution in [3.05, 3.63) is 29.6 Å². The highest BCUT2D eigenvalue weighted by atomic mass is 16.5. The number of pyridine rings is 1. The Kier molecular flexibility index (Phi) is 2.97. The summed E-state index contributed by atoms with van der Waals surface area (Å²) < 4.78 is 4.59. The van der Waals surface area contributed by atoms with Gasteiger partial charge in [-0.15, -0.1) is 0 Å². The van der Waals surface area contributed by atoms with Crippen LogP contribution in [-0.2, 0) is 4.74 Å². The normalized spacial score (nSPS) is 12.2. The number of ether oxygens (including phenoxy) is 1. The standard InChI is InChI=1S/C9H12N2O2/c1-6(10)8-7(9(12)13-2)4-3-5-11-8/h3-6H,10H2,1-2H3/t6-/m0/s1. The van der Waals surface area contributed by atoms with Gasteiger partial charge in [0.15, 0.2) is 0 Å². The van der Waals surface area contributed by atoms with E-state index in [2.05, 4.69) is 9.72 Å². The van der Waals surface area contributed by atoms with Gasteiger partial charge in [0, 0.05) is 12.2 Å². The molecule has 4 heteroatoms. The van der Waals surface area contributed by atoms with E-state index in [1.54, 1.807) is 25.3 Å². The van der Waals surface area contributed by atoms with Gasteiger partial charge in [0.2, 0.25) is 0 Å². The summed E-state index contributed by atoms with van der Waals surface area (Å²) in [7, 11) is 1.33. The summed E-state index contributed by atoms with van der Waals surface area (Å²) in [5.41, 5.74) is 6.63. The van der Waals surface area contributed by atoms with Gasteiger partial charge in [0.05, 0.1) is 18.4 Å². The maximum atomic E-state index is 11.2. The van der Waals surface area contributed by atoms with E-state index in [0.717, 1.165) is 0 Å². The quantitative estimate of drug-likeness (QED) is 0.686. The minimum atomic E-state index is -0.402. The molecular formula is C9H12N2O2. The number of hydrogen-bond donors (Lipinski definition) is 1. The first-order chi connectivity index (χ1) is 6.16. The van der Waals surface area contributed by atoms with Crippen LogP contribution in [0, 0.1) is 0 Å². The molecular weight excluding hydrogens is 168 g/mol. The highest BCUT2D eigenvalue weighted by Gasteiger charge is 2.14.